The lowest BCUT2D eigenvalue weighted by molar-refractivity contribution is 0.0993. The number of rotatable bonds is 4. The second kappa shape index (κ2) is 5.45. The van der Waals surface area contributed by atoms with Crippen molar-refractivity contribution in [2.24, 2.45) is 0 Å². The lowest BCUT2D eigenvalue weighted by Crippen LogP contribution is -2.49. The van der Waals surface area contributed by atoms with Crippen LogP contribution < -0.4 is 5.32 Å². The molecule has 1 N–H and O–H groups in total. The van der Waals surface area contributed by atoms with Crippen molar-refractivity contribution in [1.82, 2.24) is 20.4 Å². The van der Waals surface area contributed by atoms with Crippen LogP contribution in [0.2, 0.25) is 0 Å². The monoisotopic (exact) mass is 276 g/mol. The molecule has 2 saturated heterocycles. The minimum atomic E-state index is 0.584. The highest BCUT2D eigenvalue weighted by molar-refractivity contribution is 5.03. The molecule has 4 rings (SSSR count). The van der Waals surface area contributed by atoms with E-state index < -0.39 is 0 Å². The summed E-state index contributed by atoms with van der Waals surface area (Å²) in [5.74, 6) is 2.34. The van der Waals surface area contributed by atoms with Gasteiger partial charge in [0, 0.05) is 18.0 Å². The Hall–Kier alpha value is -0.940. The van der Waals surface area contributed by atoms with Crippen LogP contribution in [-0.2, 0) is 6.54 Å². The fourth-order valence-corrected chi connectivity index (χ4v) is 3.72. The number of piperidine rings is 1. The molecule has 0 amide bonds. The van der Waals surface area contributed by atoms with E-state index in [1.807, 2.05) is 0 Å². The Morgan fingerprint density at radius 3 is 2.90 bits per heavy atom. The van der Waals surface area contributed by atoms with E-state index >= 15 is 0 Å². The Balaban J connectivity index is 1.43. The zero-order chi connectivity index (χ0) is 13.4. The topological polar surface area (TPSA) is 54.2 Å². The van der Waals surface area contributed by atoms with Gasteiger partial charge in [0.1, 0.15) is 0 Å². The molecule has 0 radical (unpaired) electrons. The lowest BCUT2D eigenvalue weighted by Gasteiger charge is -2.38. The van der Waals surface area contributed by atoms with Gasteiger partial charge in [-0.1, -0.05) is 11.6 Å². The van der Waals surface area contributed by atoms with Crippen molar-refractivity contribution in [3.05, 3.63) is 11.7 Å². The van der Waals surface area contributed by atoms with Crippen LogP contribution in [0.5, 0.6) is 0 Å². The van der Waals surface area contributed by atoms with Crippen molar-refractivity contribution in [2.45, 2.75) is 69.5 Å². The fourth-order valence-electron chi connectivity index (χ4n) is 3.72. The van der Waals surface area contributed by atoms with Gasteiger partial charge in [-0.2, -0.15) is 4.98 Å². The van der Waals surface area contributed by atoms with E-state index in [0.717, 1.165) is 18.3 Å². The first-order valence-electron chi connectivity index (χ1n) is 8.20. The van der Waals surface area contributed by atoms with Crippen LogP contribution in [0.25, 0.3) is 0 Å². The predicted molar refractivity (Wildman–Crippen MR) is 75.3 cm³/mol. The lowest BCUT2D eigenvalue weighted by atomic mass is 9.94. The summed E-state index contributed by atoms with van der Waals surface area (Å²) in [6.07, 6.45) is 9.07. The van der Waals surface area contributed by atoms with Gasteiger partial charge in [-0.05, 0) is 51.6 Å². The van der Waals surface area contributed by atoms with E-state index in [1.54, 1.807) is 0 Å². The van der Waals surface area contributed by atoms with Crippen molar-refractivity contribution in [1.29, 1.82) is 0 Å². The van der Waals surface area contributed by atoms with E-state index in [-0.39, 0.29) is 0 Å². The summed E-state index contributed by atoms with van der Waals surface area (Å²) in [5, 5.41) is 7.81. The van der Waals surface area contributed by atoms with Gasteiger partial charge in [0.05, 0.1) is 6.54 Å². The van der Waals surface area contributed by atoms with Crippen LogP contribution in [0.15, 0.2) is 4.52 Å². The molecule has 1 aromatic rings. The molecule has 0 aromatic carbocycles. The van der Waals surface area contributed by atoms with Gasteiger partial charge >= 0.3 is 0 Å². The molecule has 2 unspecified atom stereocenters. The molecule has 3 aliphatic rings. The highest BCUT2D eigenvalue weighted by Gasteiger charge is 2.33. The molecule has 110 valence electrons. The Morgan fingerprint density at radius 2 is 2.10 bits per heavy atom. The van der Waals surface area contributed by atoms with Crippen LogP contribution in [0.4, 0.5) is 0 Å². The van der Waals surface area contributed by atoms with E-state index in [4.69, 9.17) is 4.52 Å². The van der Waals surface area contributed by atoms with Crippen molar-refractivity contribution >= 4 is 0 Å². The van der Waals surface area contributed by atoms with E-state index in [1.165, 1.54) is 58.0 Å². The second-order valence-corrected chi connectivity index (χ2v) is 6.56. The summed E-state index contributed by atoms with van der Waals surface area (Å²) in [7, 11) is 0. The maximum absolute atomic E-state index is 5.46. The number of nitrogens with zero attached hydrogens (tertiary/aromatic N) is 3. The van der Waals surface area contributed by atoms with E-state index in [0.29, 0.717) is 18.0 Å². The van der Waals surface area contributed by atoms with Gasteiger partial charge in [-0.25, -0.2) is 0 Å². The third kappa shape index (κ3) is 2.61. The molecular weight excluding hydrogens is 252 g/mol. The quantitative estimate of drug-likeness (QED) is 0.912. The molecule has 5 heteroatoms. The van der Waals surface area contributed by atoms with Gasteiger partial charge < -0.3 is 9.84 Å². The first kappa shape index (κ1) is 12.8. The van der Waals surface area contributed by atoms with E-state index in [2.05, 4.69) is 20.4 Å². The number of hydrogen-bond acceptors (Lipinski definition) is 5. The minimum Gasteiger partial charge on any atom is -0.338 e. The molecule has 1 saturated carbocycles. The normalized spacial score (nSPS) is 31.8. The minimum absolute atomic E-state index is 0.584. The average Bonchev–Trinajstić information content (AvgIpc) is 3.00. The SMILES string of the molecule is C1CNC(C2CCCCN2Cc2nc(C3CC3)no2)C1. The standard InChI is InChI=1S/C15H24N4O/c1-2-9-19(13(5-1)12-4-3-8-16-12)10-14-17-15(18-20-14)11-6-7-11/h11-13,16H,1-10H2. The smallest absolute Gasteiger partial charge is 0.240 e. The summed E-state index contributed by atoms with van der Waals surface area (Å²) >= 11 is 0. The van der Waals surface area contributed by atoms with Gasteiger partial charge in [0.2, 0.25) is 5.89 Å². The summed E-state index contributed by atoms with van der Waals surface area (Å²) in [4.78, 5) is 7.15. The summed E-state index contributed by atoms with van der Waals surface area (Å²) in [5.41, 5.74) is 0. The molecule has 1 aliphatic carbocycles. The Kier molecular flexibility index (Phi) is 3.48. The molecule has 0 bridgehead atoms. The number of hydrogen-bond donors (Lipinski definition) is 1. The Morgan fingerprint density at radius 1 is 1.15 bits per heavy atom. The van der Waals surface area contributed by atoms with Crippen LogP contribution in [-0.4, -0.2) is 40.2 Å². The molecule has 20 heavy (non-hydrogen) atoms. The fraction of sp³-hybridized carbons (Fsp3) is 0.867. The highest BCUT2D eigenvalue weighted by atomic mass is 16.5. The predicted octanol–water partition coefficient (Wildman–Crippen LogP) is 2.05. The number of aromatic nitrogens is 2. The van der Waals surface area contributed by atoms with Gasteiger partial charge in [0.15, 0.2) is 5.82 Å². The van der Waals surface area contributed by atoms with Crippen molar-refractivity contribution < 1.29 is 4.52 Å². The number of likely N-dealkylation sites (tertiary alicyclic amines) is 1. The van der Waals surface area contributed by atoms with Crippen LogP contribution in [0.3, 0.4) is 0 Å². The van der Waals surface area contributed by atoms with Crippen molar-refractivity contribution in [2.75, 3.05) is 13.1 Å². The first-order valence-corrected chi connectivity index (χ1v) is 8.20. The molecule has 2 aliphatic heterocycles. The van der Waals surface area contributed by atoms with Gasteiger partial charge in [0.25, 0.3) is 0 Å². The van der Waals surface area contributed by atoms with Crippen molar-refractivity contribution in [3.8, 4) is 0 Å². The maximum atomic E-state index is 5.46. The van der Waals surface area contributed by atoms with Crippen LogP contribution in [0, 0.1) is 0 Å². The highest BCUT2D eigenvalue weighted by Crippen LogP contribution is 2.38. The molecule has 5 nitrogen and oxygen atoms in total. The third-order valence-electron chi connectivity index (χ3n) is 4.99. The summed E-state index contributed by atoms with van der Waals surface area (Å²) < 4.78 is 5.46. The average molecular weight is 276 g/mol. The summed E-state index contributed by atoms with van der Waals surface area (Å²) in [6.45, 7) is 3.19. The molecule has 1 aromatic heterocycles. The van der Waals surface area contributed by atoms with Crippen LogP contribution >= 0.6 is 0 Å². The van der Waals surface area contributed by atoms with E-state index in [9.17, 15) is 0 Å². The zero-order valence-electron chi connectivity index (χ0n) is 12.1. The largest absolute Gasteiger partial charge is 0.338 e. The first-order chi connectivity index (χ1) is 9.90. The molecule has 0 spiro atoms. The molecule has 3 heterocycles. The maximum Gasteiger partial charge on any atom is 0.240 e. The van der Waals surface area contributed by atoms with Crippen molar-refractivity contribution in [3.63, 3.8) is 0 Å². The molecular formula is C15H24N4O. The second-order valence-electron chi connectivity index (χ2n) is 6.56. The molecule has 2 atom stereocenters. The summed E-state index contributed by atoms with van der Waals surface area (Å²) in [6, 6.07) is 1.32. The van der Waals surface area contributed by atoms with Gasteiger partial charge in [-0.15, -0.1) is 0 Å². The Labute approximate surface area is 120 Å². The number of nitrogens with one attached hydrogen (secondary N) is 1. The molecule has 3 fully saturated rings. The van der Waals surface area contributed by atoms with Crippen LogP contribution in [0.1, 0.15) is 62.6 Å². The zero-order valence-corrected chi connectivity index (χ0v) is 12.1. The third-order valence-corrected chi connectivity index (χ3v) is 4.99. The van der Waals surface area contributed by atoms with Gasteiger partial charge in [-0.3, -0.25) is 4.90 Å². The Bertz CT molecular complexity index is 450.